The number of amides is 2. The zero-order chi connectivity index (χ0) is 23.7. The van der Waals surface area contributed by atoms with E-state index in [1.54, 1.807) is 13.8 Å². The molecule has 0 saturated heterocycles. The van der Waals surface area contributed by atoms with E-state index in [4.69, 9.17) is 22.1 Å². The van der Waals surface area contributed by atoms with E-state index in [9.17, 15) is 27.6 Å². The molecule has 2 amide bonds. The minimum Gasteiger partial charge on any atom is -0.459 e. The summed E-state index contributed by atoms with van der Waals surface area (Å²) >= 11 is 6.51. The summed E-state index contributed by atoms with van der Waals surface area (Å²) in [4.78, 5) is 36.5. The molecule has 8 nitrogen and oxygen atoms in total. The first-order valence-corrected chi connectivity index (χ1v) is 10.2. The zero-order valence-corrected chi connectivity index (χ0v) is 18.6. The smallest absolute Gasteiger partial charge is 0.436 e. The van der Waals surface area contributed by atoms with Crippen LogP contribution in [0.15, 0.2) is 0 Å². The molecule has 0 aromatic carbocycles. The largest absolute Gasteiger partial charge is 0.459 e. The van der Waals surface area contributed by atoms with Crippen LogP contribution < -0.4 is 11.1 Å². The fraction of sp³-hybridized carbons (Fsp3) is 0.444. The van der Waals surface area contributed by atoms with Crippen LogP contribution in [0, 0.1) is 13.8 Å². The van der Waals surface area contributed by atoms with Gasteiger partial charge in [-0.3, -0.25) is 14.3 Å². The van der Waals surface area contributed by atoms with Gasteiger partial charge in [0.15, 0.2) is 5.69 Å². The molecule has 0 radical (unpaired) electrons. The van der Waals surface area contributed by atoms with Gasteiger partial charge in [-0.2, -0.15) is 18.3 Å². The number of carbonyl (C=O) groups is 3. The number of halogens is 4. The number of nitrogens with zero attached hydrogens (tertiary/aromatic N) is 2. The number of aromatic nitrogens is 2. The third-order valence-corrected chi connectivity index (χ3v) is 5.80. The van der Waals surface area contributed by atoms with E-state index in [1.165, 1.54) is 13.8 Å². The molecule has 3 N–H and O–H groups in total. The molecule has 2 rings (SSSR count). The van der Waals surface area contributed by atoms with Gasteiger partial charge in [-0.25, -0.2) is 4.79 Å². The van der Waals surface area contributed by atoms with Gasteiger partial charge in [-0.1, -0.05) is 11.6 Å². The molecule has 31 heavy (non-hydrogen) atoms. The average molecular weight is 481 g/mol. The van der Waals surface area contributed by atoms with Crippen molar-refractivity contribution in [1.82, 2.24) is 9.78 Å². The van der Waals surface area contributed by atoms with Crippen LogP contribution in [0.4, 0.5) is 18.2 Å². The number of anilines is 1. The van der Waals surface area contributed by atoms with Crippen LogP contribution in [0.25, 0.3) is 0 Å². The van der Waals surface area contributed by atoms with Gasteiger partial charge in [0, 0.05) is 6.42 Å². The van der Waals surface area contributed by atoms with Crippen LogP contribution in [-0.2, 0) is 22.3 Å². The van der Waals surface area contributed by atoms with Crippen molar-refractivity contribution < 1.29 is 32.3 Å². The Kier molecular flexibility index (Phi) is 7.37. The van der Waals surface area contributed by atoms with Gasteiger partial charge < -0.3 is 15.8 Å². The van der Waals surface area contributed by atoms with Crippen LogP contribution in [0.2, 0.25) is 5.02 Å². The van der Waals surface area contributed by atoms with E-state index in [0.717, 1.165) is 16.0 Å². The van der Waals surface area contributed by atoms with Gasteiger partial charge in [0.25, 0.3) is 5.91 Å². The first kappa shape index (κ1) is 24.7. The van der Waals surface area contributed by atoms with E-state index in [2.05, 4.69) is 10.4 Å². The Morgan fingerprint density at radius 3 is 2.39 bits per heavy atom. The van der Waals surface area contributed by atoms with Gasteiger partial charge in [0.2, 0.25) is 5.91 Å². The van der Waals surface area contributed by atoms with E-state index >= 15 is 0 Å². The fourth-order valence-corrected chi connectivity index (χ4v) is 3.98. The SMILES string of the molecule is Cc1c(C(N)=O)sc(NC(=O)CCn2nc(C(F)(F)F)c(Cl)c2C)c1C(=O)OC(C)C. The van der Waals surface area contributed by atoms with Gasteiger partial charge in [0.05, 0.1) is 33.8 Å². The molecule has 0 aliphatic rings. The molecule has 0 atom stereocenters. The standard InChI is InChI=1S/C18H20ClF3N4O4S/c1-7(2)30-17(29)11-8(3)13(15(23)28)31-16(11)24-10(27)5-6-26-9(4)12(19)14(25-26)18(20,21)22/h7H,5-6H2,1-4H3,(H2,23,28)(H,24,27). The van der Waals surface area contributed by atoms with E-state index in [-0.39, 0.29) is 39.7 Å². The number of esters is 1. The van der Waals surface area contributed by atoms with Gasteiger partial charge >= 0.3 is 12.1 Å². The number of thiophene rings is 1. The zero-order valence-electron chi connectivity index (χ0n) is 17.0. The summed E-state index contributed by atoms with van der Waals surface area (Å²) < 4.78 is 44.9. The highest BCUT2D eigenvalue weighted by Crippen LogP contribution is 2.36. The van der Waals surface area contributed by atoms with Crippen molar-refractivity contribution in [3.63, 3.8) is 0 Å². The second kappa shape index (κ2) is 9.27. The number of hydrogen-bond donors (Lipinski definition) is 2. The monoisotopic (exact) mass is 480 g/mol. The molecule has 0 unspecified atom stereocenters. The number of ether oxygens (including phenoxy) is 1. The van der Waals surface area contributed by atoms with E-state index in [1.807, 2.05) is 0 Å². The summed E-state index contributed by atoms with van der Waals surface area (Å²) in [5, 5.41) is 5.45. The molecule has 2 heterocycles. The number of aryl methyl sites for hydroxylation is 1. The summed E-state index contributed by atoms with van der Waals surface area (Å²) in [7, 11) is 0. The Bertz CT molecular complexity index is 1030. The molecule has 0 bridgehead atoms. The molecule has 170 valence electrons. The Morgan fingerprint density at radius 1 is 1.29 bits per heavy atom. The summed E-state index contributed by atoms with van der Waals surface area (Å²) in [5.74, 6) is -2.13. The molecule has 0 aliphatic heterocycles. The highest BCUT2D eigenvalue weighted by atomic mass is 35.5. The van der Waals surface area contributed by atoms with Crippen LogP contribution in [0.5, 0.6) is 0 Å². The lowest BCUT2D eigenvalue weighted by Crippen LogP contribution is -2.18. The molecule has 2 aromatic heterocycles. The summed E-state index contributed by atoms with van der Waals surface area (Å²) in [6.45, 7) is 5.94. The van der Waals surface area contributed by atoms with Crippen molar-refractivity contribution in [2.75, 3.05) is 5.32 Å². The van der Waals surface area contributed by atoms with Crippen molar-refractivity contribution >= 4 is 45.7 Å². The Labute approximate surface area is 184 Å². The number of rotatable bonds is 7. The minimum absolute atomic E-state index is 0.00137. The first-order chi connectivity index (χ1) is 14.2. The maximum Gasteiger partial charge on any atom is 0.436 e. The molecular formula is C18H20ClF3N4O4S. The van der Waals surface area contributed by atoms with Crippen LogP contribution in [0.1, 0.15) is 57.2 Å². The second-order valence-corrected chi connectivity index (χ2v) is 8.24. The molecule has 0 aliphatic carbocycles. The lowest BCUT2D eigenvalue weighted by atomic mass is 10.1. The van der Waals surface area contributed by atoms with Crippen LogP contribution >= 0.6 is 22.9 Å². The highest BCUT2D eigenvalue weighted by Gasteiger charge is 2.38. The maximum absolute atomic E-state index is 12.9. The molecule has 0 spiro atoms. The summed E-state index contributed by atoms with van der Waals surface area (Å²) in [6.07, 6.45) is -5.43. The molecule has 13 heteroatoms. The Hall–Kier alpha value is -2.60. The highest BCUT2D eigenvalue weighted by molar-refractivity contribution is 7.18. The van der Waals surface area contributed by atoms with E-state index < -0.39 is 40.8 Å². The predicted octanol–water partition coefficient (Wildman–Crippen LogP) is 3.93. The number of hydrogen-bond acceptors (Lipinski definition) is 6. The Morgan fingerprint density at radius 2 is 1.90 bits per heavy atom. The van der Waals surface area contributed by atoms with Gasteiger partial charge in [-0.05, 0) is 33.3 Å². The molecule has 2 aromatic rings. The number of carbonyl (C=O) groups excluding carboxylic acids is 3. The van der Waals surface area contributed by atoms with Crippen LogP contribution in [0.3, 0.4) is 0 Å². The summed E-state index contributed by atoms with van der Waals surface area (Å²) in [6, 6.07) is 0. The summed E-state index contributed by atoms with van der Waals surface area (Å²) in [5.41, 5.74) is 4.42. The van der Waals surface area contributed by atoms with Crippen LogP contribution in [-0.4, -0.2) is 33.7 Å². The van der Waals surface area contributed by atoms with Crippen molar-refractivity contribution in [3.8, 4) is 0 Å². The molecule has 0 fully saturated rings. The number of nitrogens with two attached hydrogens (primary N) is 1. The predicted molar refractivity (Wildman–Crippen MR) is 108 cm³/mol. The second-order valence-electron chi connectivity index (χ2n) is 6.85. The third-order valence-electron chi connectivity index (χ3n) is 4.12. The van der Waals surface area contributed by atoms with Crippen molar-refractivity contribution in [3.05, 3.63) is 32.4 Å². The topological polar surface area (TPSA) is 116 Å². The van der Waals surface area contributed by atoms with Crippen molar-refractivity contribution in [2.45, 2.75) is 52.9 Å². The molecule has 0 saturated carbocycles. The number of alkyl halides is 3. The maximum atomic E-state index is 12.9. The molecular weight excluding hydrogens is 461 g/mol. The van der Waals surface area contributed by atoms with Gasteiger partial charge in [0.1, 0.15) is 5.00 Å². The number of primary amides is 1. The van der Waals surface area contributed by atoms with Gasteiger partial charge in [-0.15, -0.1) is 11.3 Å². The lowest BCUT2D eigenvalue weighted by Gasteiger charge is -2.10. The average Bonchev–Trinajstić information content (AvgIpc) is 3.10. The van der Waals surface area contributed by atoms with E-state index in [0.29, 0.717) is 0 Å². The quantitative estimate of drug-likeness (QED) is 0.582. The lowest BCUT2D eigenvalue weighted by molar-refractivity contribution is -0.141. The third kappa shape index (κ3) is 5.56. The Balaban J connectivity index is 2.22. The van der Waals surface area contributed by atoms with Crippen molar-refractivity contribution in [2.24, 2.45) is 5.73 Å². The normalized spacial score (nSPS) is 11.6. The number of nitrogens with one attached hydrogen (secondary N) is 1. The minimum atomic E-state index is -4.72. The fourth-order valence-electron chi connectivity index (χ4n) is 2.68. The van der Waals surface area contributed by atoms with Crippen molar-refractivity contribution in [1.29, 1.82) is 0 Å². The first-order valence-electron chi connectivity index (χ1n) is 8.98.